The second-order valence-electron chi connectivity index (χ2n) is 5.38. The van der Waals surface area contributed by atoms with Gasteiger partial charge in [-0.2, -0.15) is 0 Å². The van der Waals surface area contributed by atoms with Crippen molar-refractivity contribution in [1.29, 1.82) is 0 Å². The Morgan fingerprint density at radius 1 is 1.45 bits per heavy atom. The van der Waals surface area contributed by atoms with Crippen molar-refractivity contribution >= 4 is 17.2 Å². The van der Waals surface area contributed by atoms with Crippen molar-refractivity contribution in [2.24, 2.45) is 0 Å². The topological polar surface area (TPSA) is 55.3 Å². The Morgan fingerprint density at radius 2 is 2.32 bits per heavy atom. The summed E-state index contributed by atoms with van der Waals surface area (Å²) in [5, 5.41) is 3.11. The average Bonchev–Trinajstić information content (AvgIpc) is 3.15. The smallest absolute Gasteiger partial charge is 0.229 e. The second-order valence-corrected chi connectivity index (χ2v) is 6.45. The van der Waals surface area contributed by atoms with Gasteiger partial charge in [0.05, 0.1) is 36.0 Å². The Labute approximate surface area is 134 Å². The van der Waals surface area contributed by atoms with Crippen LogP contribution in [0.2, 0.25) is 0 Å². The maximum atomic E-state index is 12.6. The number of aryl methyl sites for hydroxylation is 1. The van der Waals surface area contributed by atoms with Gasteiger partial charge in [0.25, 0.3) is 0 Å². The van der Waals surface area contributed by atoms with Gasteiger partial charge < -0.3 is 9.64 Å². The highest BCUT2D eigenvalue weighted by Crippen LogP contribution is 2.32. The number of thiazole rings is 1. The van der Waals surface area contributed by atoms with Crippen molar-refractivity contribution in [3.8, 4) is 5.88 Å². The Bertz CT molecular complexity index is 671. The van der Waals surface area contributed by atoms with E-state index in [0.29, 0.717) is 12.3 Å². The maximum Gasteiger partial charge on any atom is 0.229 e. The van der Waals surface area contributed by atoms with Crippen LogP contribution in [0.3, 0.4) is 0 Å². The lowest BCUT2D eigenvalue weighted by Crippen LogP contribution is -2.32. The molecule has 2 aromatic heterocycles. The van der Waals surface area contributed by atoms with Gasteiger partial charge in [-0.25, -0.2) is 9.97 Å². The molecule has 6 heteroatoms. The molecular weight excluding hydrogens is 298 g/mol. The van der Waals surface area contributed by atoms with Crippen LogP contribution in [0.1, 0.15) is 35.3 Å². The van der Waals surface area contributed by atoms with Gasteiger partial charge in [-0.15, -0.1) is 11.3 Å². The van der Waals surface area contributed by atoms with Gasteiger partial charge in [-0.05, 0) is 25.8 Å². The van der Waals surface area contributed by atoms with E-state index in [2.05, 4.69) is 15.3 Å². The van der Waals surface area contributed by atoms with E-state index in [1.807, 2.05) is 24.0 Å². The molecule has 3 heterocycles. The predicted molar refractivity (Wildman–Crippen MR) is 85.0 cm³/mol. The third-order valence-electron chi connectivity index (χ3n) is 3.87. The van der Waals surface area contributed by atoms with Gasteiger partial charge in [0.1, 0.15) is 0 Å². The molecule has 1 fully saturated rings. The molecule has 0 aliphatic carbocycles. The minimum Gasteiger partial charge on any atom is -0.481 e. The molecule has 0 bridgehead atoms. The molecule has 0 radical (unpaired) electrons. The van der Waals surface area contributed by atoms with Crippen molar-refractivity contribution in [1.82, 2.24) is 14.9 Å². The summed E-state index contributed by atoms with van der Waals surface area (Å²) in [5.41, 5.74) is 1.76. The number of likely N-dealkylation sites (tertiary alicyclic amines) is 1. The summed E-state index contributed by atoms with van der Waals surface area (Å²) in [6.07, 6.45) is 2.32. The molecular formula is C16H19N3O2S. The molecule has 1 amide bonds. The Balaban J connectivity index is 1.73. The molecule has 116 valence electrons. The van der Waals surface area contributed by atoms with E-state index in [0.717, 1.165) is 35.8 Å². The highest BCUT2D eigenvalue weighted by atomic mass is 32.1. The van der Waals surface area contributed by atoms with E-state index in [1.54, 1.807) is 24.5 Å². The first-order valence-electron chi connectivity index (χ1n) is 7.39. The standard InChI is InChI=1S/C16H19N3O2S/c1-11-17-13(10-22-11)14-6-4-8-19(14)16(20)9-12-5-3-7-15(18-12)21-2/h3,5,7,10,14H,4,6,8-9H2,1-2H3/t14-/m1/s1. The summed E-state index contributed by atoms with van der Waals surface area (Å²) in [6, 6.07) is 5.62. The van der Waals surface area contributed by atoms with E-state index in [-0.39, 0.29) is 11.9 Å². The normalized spacial score (nSPS) is 17.7. The molecule has 1 saturated heterocycles. The largest absolute Gasteiger partial charge is 0.481 e. The number of ether oxygens (including phenoxy) is 1. The first kappa shape index (κ1) is 15.0. The van der Waals surface area contributed by atoms with Crippen molar-refractivity contribution in [3.63, 3.8) is 0 Å². The van der Waals surface area contributed by atoms with Gasteiger partial charge in [-0.1, -0.05) is 6.07 Å². The number of carbonyl (C=O) groups is 1. The number of aromatic nitrogens is 2. The van der Waals surface area contributed by atoms with E-state index in [9.17, 15) is 4.79 Å². The fourth-order valence-corrected chi connectivity index (χ4v) is 3.49. The van der Waals surface area contributed by atoms with Crippen LogP contribution in [-0.2, 0) is 11.2 Å². The molecule has 1 aliphatic rings. The van der Waals surface area contributed by atoms with Gasteiger partial charge in [-0.3, -0.25) is 4.79 Å². The molecule has 0 unspecified atom stereocenters. The van der Waals surface area contributed by atoms with Gasteiger partial charge in [0.2, 0.25) is 11.8 Å². The summed E-state index contributed by atoms with van der Waals surface area (Å²) in [6.45, 7) is 2.79. The Morgan fingerprint density at radius 3 is 3.05 bits per heavy atom. The number of amides is 1. The molecule has 5 nitrogen and oxygen atoms in total. The lowest BCUT2D eigenvalue weighted by Gasteiger charge is -2.23. The van der Waals surface area contributed by atoms with Crippen molar-refractivity contribution in [2.75, 3.05) is 13.7 Å². The third-order valence-corrected chi connectivity index (χ3v) is 4.67. The van der Waals surface area contributed by atoms with Gasteiger partial charge >= 0.3 is 0 Å². The Hall–Kier alpha value is -1.95. The van der Waals surface area contributed by atoms with E-state index in [1.165, 1.54) is 0 Å². The van der Waals surface area contributed by atoms with Crippen LogP contribution in [0.25, 0.3) is 0 Å². The average molecular weight is 317 g/mol. The lowest BCUT2D eigenvalue weighted by molar-refractivity contribution is -0.131. The molecule has 1 atom stereocenters. The van der Waals surface area contributed by atoms with Crippen LogP contribution in [0, 0.1) is 6.92 Å². The lowest BCUT2D eigenvalue weighted by atomic mass is 10.1. The number of hydrogen-bond donors (Lipinski definition) is 0. The number of carbonyl (C=O) groups excluding carboxylic acids is 1. The highest BCUT2D eigenvalue weighted by molar-refractivity contribution is 7.09. The first-order chi connectivity index (χ1) is 10.7. The van der Waals surface area contributed by atoms with Gasteiger partial charge in [0, 0.05) is 18.0 Å². The number of nitrogens with zero attached hydrogens (tertiary/aromatic N) is 3. The minimum absolute atomic E-state index is 0.105. The van der Waals surface area contributed by atoms with Crippen LogP contribution < -0.4 is 4.74 Å². The van der Waals surface area contributed by atoms with Crippen LogP contribution in [0.15, 0.2) is 23.6 Å². The summed E-state index contributed by atoms with van der Waals surface area (Å²) in [4.78, 5) is 23.4. The van der Waals surface area contributed by atoms with E-state index < -0.39 is 0 Å². The zero-order valence-electron chi connectivity index (χ0n) is 12.8. The summed E-state index contributed by atoms with van der Waals surface area (Å²) >= 11 is 1.64. The van der Waals surface area contributed by atoms with Crippen molar-refractivity contribution < 1.29 is 9.53 Å². The zero-order valence-corrected chi connectivity index (χ0v) is 13.6. The SMILES string of the molecule is COc1cccc(CC(=O)N2CCC[C@@H]2c2csc(C)n2)n1. The van der Waals surface area contributed by atoms with Crippen molar-refractivity contribution in [3.05, 3.63) is 40.0 Å². The molecule has 0 N–H and O–H groups in total. The molecule has 22 heavy (non-hydrogen) atoms. The fourth-order valence-electron chi connectivity index (χ4n) is 2.83. The molecule has 3 rings (SSSR count). The zero-order chi connectivity index (χ0) is 15.5. The van der Waals surface area contributed by atoms with Crippen LogP contribution in [0.5, 0.6) is 5.88 Å². The molecule has 2 aromatic rings. The highest BCUT2D eigenvalue weighted by Gasteiger charge is 2.31. The summed E-state index contributed by atoms with van der Waals surface area (Å²) < 4.78 is 5.11. The quantitative estimate of drug-likeness (QED) is 0.870. The molecule has 0 aromatic carbocycles. The monoisotopic (exact) mass is 317 g/mol. The first-order valence-corrected chi connectivity index (χ1v) is 8.27. The van der Waals surface area contributed by atoms with E-state index >= 15 is 0 Å². The van der Waals surface area contributed by atoms with Crippen LogP contribution in [0.4, 0.5) is 0 Å². The summed E-state index contributed by atoms with van der Waals surface area (Å²) in [5.74, 6) is 0.646. The maximum absolute atomic E-state index is 12.6. The minimum atomic E-state index is 0.105. The molecule has 1 aliphatic heterocycles. The second kappa shape index (κ2) is 6.44. The van der Waals surface area contributed by atoms with Crippen molar-refractivity contribution in [2.45, 2.75) is 32.2 Å². The Kier molecular flexibility index (Phi) is 4.38. The number of methoxy groups -OCH3 is 1. The fraction of sp³-hybridized carbons (Fsp3) is 0.438. The van der Waals surface area contributed by atoms with Gasteiger partial charge in [0.15, 0.2) is 0 Å². The predicted octanol–water partition coefficient (Wildman–Crippen LogP) is 2.76. The van der Waals surface area contributed by atoms with Crippen LogP contribution >= 0.6 is 11.3 Å². The van der Waals surface area contributed by atoms with Crippen LogP contribution in [-0.4, -0.2) is 34.4 Å². The molecule has 0 spiro atoms. The summed E-state index contributed by atoms with van der Waals surface area (Å²) in [7, 11) is 1.58. The molecule has 0 saturated carbocycles. The third kappa shape index (κ3) is 3.11. The number of rotatable bonds is 4. The number of pyridine rings is 1. The number of hydrogen-bond acceptors (Lipinski definition) is 5. The van der Waals surface area contributed by atoms with E-state index in [4.69, 9.17) is 4.74 Å².